The first-order chi connectivity index (χ1) is 10.1. The molecule has 1 atom stereocenters. The Morgan fingerprint density at radius 2 is 1.95 bits per heavy atom. The number of hydrogen-bond donors (Lipinski definition) is 2. The quantitative estimate of drug-likeness (QED) is 0.890. The third kappa shape index (κ3) is 4.06. The van der Waals surface area contributed by atoms with Crippen molar-refractivity contribution in [3.63, 3.8) is 0 Å². The number of nitrogens with two attached hydrogens (primary N) is 1. The molecule has 3 amide bonds. The summed E-state index contributed by atoms with van der Waals surface area (Å²) in [5, 5.41) is 4.52. The van der Waals surface area contributed by atoms with E-state index in [2.05, 4.69) is 5.32 Å². The molecule has 0 bridgehead atoms. The van der Waals surface area contributed by atoms with Gasteiger partial charge in [-0.1, -0.05) is 24.3 Å². The van der Waals surface area contributed by atoms with Crippen LogP contribution in [0.25, 0.3) is 0 Å². The monoisotopic (exact) mass is 303 g/mol. The van der Waals surface area contributed by atoms with Crippen molar-refractivity contribution in [1.29, 1.82) is 0 Å². The van der Waals surface area contributed by atoms with Crippen molar-refractivity contribution >= 4 is 29.0 Å². The fraction of sp³-hybridized carbons (Fsp3) is 0.200. The lowest BCUT2D eigenvalue weighted by molar-refractivity contribution is -0.118. The first kappa shape index (κ1) is 15.1. The van der Waals surface area contributed by atoms with Gasteiger partial charge in [0.1, 0.15) is 0 Å². The lowest BCUT2D eigenvalue weighted by atomic mass is 10.1. The van der Waals surface area contributed by atoms with Gasteiger partial charge < -0.3 is 16.0 Å². The standard InChI is InChI=1S/C15H17N3O2S/c1-18(11-6-3-2-4-7-11)14(19)10-12(17-15(16)20)13-8-5-9-21-13/h2-9,12H,10H2,1H3,(H3,16,17,20). The van der Waals surface area contributed by atoms with E-state index in [0.29, 0.717) is 0 Å². The Morgan fingerprint density at radius 3 is 2.52 bits per heavy atom. The Bertz CT molecular complexity index is 599. The van der Waals surface area contributed by atoms with Crippen molar-refractivity contribution in [3.8, 4) is 0 Å². The summed E-state index contributed by atoms with van der Waals surface area (Å²) in [5.74, 6) is -0.0895. The molecule has 1 unspecified atom stereocenters. The zero-order valence-electron chi connectivity index (χ0n) is 11.7. The predicted molar refractivity (Wildman–Crippen MR) is 84.2 cm³/mol. The number of nitrogens with one attached hydrogen (secondary N) is 1. The molecule has 5 nitrogen and oxygen atoms in total. The van der Waals surface area contributed by atoms with Crippen molar-refractivity contribution in [2.45, 2.75) is 12.5 Å². The van der Waals surface area contributed by atoms with Crippen LogP contribution in [-0.2, 0) is 4.79 Å². The van der Waals surface area contributed by atoms with Gasteiger partial charge in [-0.25, -0.2) is 4.79 Å². The van der Waals surface area contributed by atoms with Crippen LogP contribution in [0.15, 0.2) is 47.8 Å². The van der Waals surface area contributed by atoms with E-state index in [4.69, 9.17) is 5.73 Å². The second kappa shape index (κ2) is 6.90. The summed E-state index contributed by atoms with van der Waals surface area (Å²) in [6.45, 7) is 0. The number of hydrogen-bond acceptors (Lipinski definition) is 3. The summed E-state index contributed by atoms with van der Waals surface area (Å²) in [5.41, 5.74) is 6.00. The topological polar surface area (TPSA) is 75.4 Å². The highest BCUT2D eigenvalue weighted by atomic mass is 32.1. The van der Waals surface area contributed by atoms with E-state index in [9.17, 15) is 9.59 Å². The number of benzene rings is 1. The third-order valence-corrected chi connectivity index (χ3v) is 4.09. The maximum Gasteiger partial charge on any atom is 0.312 e. The van der Waals surface area contributed by atoms with Gasteiger partial charge >= 0.3 is 6.03 Å². The van der Waals surface area contributed by atoms with Gasteiger partial charge in [-0.3, -0.25) is 4.79 Å². The summed E-state index contributed by atoms with van der Waals surface area (Å²) in [6.07, 6.45) is 0.162. The van der Waals surface area contributed by atoms with Crippen LogP contribution in [0, 0.1) is 0 Å². The molecule has 2 aromatic rings. The maximum absolute atomic E-state index is 12.4. The molecule has 0 aliphatic carbocycles. The van der Waals surface area contributed by atoms with Crippen LogP contribution in [0.1, 0.15) is 17.3 Å². The molecule has 110 valence electrons. The first-order valence-electron chi connectivity index (χ1n) is 6.49. The second-order valence-electron chi connectivity index (χ2n) is 4.57. The molecular weight excluding hydrogens is 286 g/mol. The molecule has 1 aromatic carbocycles. The number of primary amides is 1. The molecule has 2 rings (SSSR count). The molecule has 0 aliphatic heterocycles. The van der Waals surface area contributed by atoms with Crippen LogP contribution in [-0.4, -0.2) is 19.0 Å². The molecule has 0 radical (unpaired) electrons. The van der Waals surface area contributed by atoms with Gasteiger partial charge in [-0.15, -0.1) is 11.3 Å². The Labute approximate surface area is 127 Å². The fourth-order valence-electron chi connectivity index (χ4n) is 1.99. The highest BCUT2D eigenvalue weighted by Crippen LogP contribution is 2.23. The van der Waals surface area contributed by atoms with E-state index in [1.807, 2.05) is 47.8 Å². The molecule has 0 aliphatic rings. The van der Waals surface area contributed by atoms with Crippen molar-refractivity contribution < 1.29 is 9.59 Å². The number of carbonyl (C=O) groups excluding carboxylic acids is 2. The van der Waals surface area contributed by atoms with E-state index in [1.165, 1.54) is 11.3 Å². The number of rotatable bonds is 5. The molecule has 1 heterocycles. The number of urea groups is 1. The molecule has 0 fully saturated rings. The minimum Gasteiger partial charge on any atom is -0.352 e. The highest BCUT2D eigenvalue weighted by molar-refractivity contribution is 7.10. The van der Waals surface area contributed by atoms with Crippen LogP contribution >= 0.6 is 11.3 Å². The number of nitrogens with zero attached hydrogens (tertiary/aromatic N) is 1. The second-order valence-corrected chi connectivity index (χ2v) is 5.55. The van der Waals surface area contributed by atoms with Gasteiger partial charge in [0.15, 0.2) is 0 Å². The van der Waals surface area contributed by atoms with E-state index in [-0.39, 0.29) is 12.3 Å². The largest absolute Gasteiger partial charge is 0.352 e. The predicted octanol–water partition coefficient (Wildman–Crippen LogP) is 2.51. The minimum absolute atomic E-state index is 0.0895. The van der Waals surface area contributed by atoms with Gasteiger partial charge in [0, 0.05) is 17.6 Å². The molecule has 6 heteroatoms. The SMILES string of the molecule is CN(C(=O)CC(NC(N)=O)c1cccs1)c1ccccc1. The Morgan fingerprint density at radius 1 is 1.24 bits per heavy atom. The van der Waals surface area contributed by atoms with Crippen molar-refractivity contribution in [2.24, 2.45) is 5.73 Å². The summed E-state index contributed by atoms with van der Waals surface area (Å²) >= 11 is 1.48. The van der Waals surface area contributed by atoms with Gasteiger partial charge in [0.25, 0.3) is 0 Å². The molecule has 21 heavy (non-hydrogen) atoms. The van der Waals surface area contributed by atoms with Crippen LogP contribution in [0.3, 0.4) is 0 Å². The van der Waals surface area contributed by atoms with Crippen molar-refractivity contribution in [2.75, 3.05) is 11.9 Å². The Hall–Kier alpha value is -2.34. The number of carbonyl (C=O) groups is 2. The van der Waals surface area contributed by atoms with Crippen LogP contribution in [0.5, 0.6) is 0 Å². The molecule has 0 saturated carbocycles. The van der Waals surface area contributed by atoms with E-state index in [0.717, 1.165) is 10.6 Å². The summed E-state index contributed by atoms with van der Waals surface area (Å²) in [4.78, 5) is 26.0. The molecule has 0 saturated heterocycles. The number of anilines is 1. The number of thiophene rings is 1. The normalized spacial score (nSPS) is 11.7. The van der Waals surface area contributed by atoms with Gasteiger partial charge in [-0.05, 0) is 23.6 Å². The molecule has 1 aromatic heterocycles. The summed E-state index contributed by atoms with van der Waals surface area (Å²) < 4.78 is 0. The van der Waals surface area contributed by atoms with Gasteiger partial charge in [-0.2, -0.15) is 0 Å². The molecule has 0 spiro atoms. The lowest BCUT2D eigenvalue weighted by Crippen LogP contribution is -2.37. The zero-order chi connectivity index (χ0) is 15.2. The van der Waals surface area contributed by atoms with Crippen LogP contribution < -0.4 is 16.0 Å². The number of amides is 3. The average molecular weight is 303 g/mol. The van der Waals surface area contributed by atoms with Crippen LogP contribution in [0.2, 0.25) is 0 Å². The highest BCUT2D eigenvalue weighted by Gasteiger charge is 2.21. The summed E-state index contributed by atoms with van der Waals surface area (Å²) in [6, 6.07) is 12.1. The van der Waals surface area contributed by atoms with Gasteiger partial charge in [0.05, 0.1) is 12.5 Å². The minimum atomic E-state index is -0.636. The van der Waals surface area contributed by atoms with E-state index in [1.54, 1.807) is 11.9 Å². The van der Waals surface area contributed by atoms with Crippen molar-refractivity contribution in [1.82, 2.24) is 5.32 Å². The molecule has 3 N–H and O–H groups in total. The Kier molecular flexibility index (Phi) is 4.94. The lowest BCUT2D eigenvalue weighted by Gasteiger charge is -2.21. The van der Waals surface area contributed by atoms with Crippen molar-refractivity contribution in [3.05, 3.63) is 52.7 Å². The zero-order valence-corrected chi connectivity index (χ0v) is 12.5. The summed E-state index contributed by atoms with van der Waals surface area (Å²) in [7, 11) is 1.72. The first-order valence-corrected chi connectivity index (χ1v) is 7.37. The van der Waals surface area contributed by atoms with E-state index >= 15 is 0 Å². The smallest absolute Gasteiger partial charge is 0.312 e. The average Bonchev–Trinajstić information content (AvgIpc) is 3.00. The van der Waals surface area contributed by atoms with E-state index < -0.39 is 12.1 Å². The fourth-order valence-corrected chi connectivity index (χ4v) is 2.77. The van der Waals surface area contributed by atoms with Crippen LogP contribution in [0.4, 0.5) is 10.5 Å². The molecular formula is C15H17N3O2S. The third-order valence-electron chi connectivity index (χ3n) is 3.10. The number of para-hydroxylation sites is 1. The van der Waals surface area contributed by atoms with Gasteiger partial charge in [0.2, 0.25) is 5.91 Å². The Balaban J connectivity index is 2.09. The maximum atomic E-state index is 12.4.